The molecule has 0 amide bonds. The maximum atomic E-state index is 12.3. The molecule has 2 saturated heterocycles. The molecule has 1 unspecified atom stereocenters. The third-order valence-electron chi connectivity index (χ3n) is 3.38. The van der Waals surface area contributed by atoms with Gasteiger partial charge in [0.2, 0.25) is 0 Å². The highest BCUT2D eigenvalue weighted by molar-refractivity contribution is 7.91. The molecule has 0 radical (unpaired) electrons. The maximum absolute atomic E-state index is 12.3. The summed E-state index contributed by atoms with van der Waals surface area (Å²) in [5.74, 6) is -0.00624. The quantitative estimate of drug-likeness (QED) is 0.645. The summed E-state index contributed by atoms with van der Waals surface area (Å²) in [6, 6.07) is -0.442. The minimum absolute atomic E-state index is 0.0701. The topological polar surface area (TPSA) is 84.0 Å². The van der Waals surface area contributed by atoms with Gasteiger partial charge in [-0.05, 0) is 6.42 Å². The van der Waals surface area contributed by atoms with Gasteiger partial charge in [-0.2, -0.15) is 17.0 Å². The molecule has 2 aliphatic heterocycles. The van der Waals surface area contributed by atoms with Crippen molar-refractivity contribution < 1.29 is 21.6 Å². The Morgan fingerprint density at radius 3 is 2.39 bits per heavy atom. The highest BCUT2D eigenvalue weighted by Crippen LogP contribution is 2.21. The van der Waals surface area contributed by atoms with Gasteiger partial charge in [0.1, 0.15) is 0 Å². The van der Waals surface area contributed by atoms with Gasteiger partial charge in [-0.15, -0.1) is 0 Å². The van der Waals surface area contributed by atoms with E-state index in [0.29, 0.717) is 32.7 Å². The molecule has 0 spiro atoms. The van der Waals surface area contributed by atoms with Crippen molar-refractivity contribution in [2.24, 2.45) is 0 Å². The summed E-state index contributed by atoms with van der Waals surface area (Å²) < 4.78 is 55.0. The zero-order valence-corrected chi connectivity index (χ0v) is 11.9. The summed E-state index contributed by atoms with van der Waals surface area (Å²) in [5.41, 5.74) is 0. The molecule has 0 saturated carbocycles. The molecule has 1 atom stereocenters. The van der Waals surface area contributed by atoms with Gasteiger partial charge in [-0.1, -0.05) is 0 Å². The van der Waals surface area contributed by atoms with Crippen molar-refractivity contribution in [1.29, 1.82) is 0 Å². The minimum Gasteiger partial charge on any atom is -0.379 e. The maximum Gasteiger partial charge on any atom is 0.282 e. The second-order valence-corrected chi connectivity index (χ2v) is 8.81. The Morgan fingerprint density at radius 1 is 1.28 bits per heavy atom. The fraction of sp³-hybridized carbons (Fsp3) is 1.00. The van der Waals surface area contributed by atoms with Crippen molar-refractivity contribution in [2.75, 3.05) is 44.9 Å². The van der Waals surface area contributed by atoms with Crippen LogP contribution in [0.15, 0.2) is 0 Å². The van der Waals surface area contributed by atoms with E-state index < -0.39 is 26.1 Å². The molecule has 2 heterocycles. The van der Waals surface area contributed by atoms with E-state index in [-0.39, 0.29) is 11.5 Å². The van der Waals surface area contributed by atoms with Crippen molar-refractivity contribution in [2.45, 2.75) is 12.5 Å². The third kappa shape index (κ3) is 2.85. The van der Waals surface area contributed by atoms with Crippen LogP contribution in [0.25, 0.3) is 0 Å². The van der Waals surface area contributed by atoms with Crippen LogP contribution in [0.5, 0.6) is 0 Å². The number of rotatable bonds is 3. The van der Waals surface area contributed by atoms with Crippen LogP contribution in [-0.4, -0.2) is 76.3 Å². The van der Waals surface area contributed by atoms with Crippen LogP contribution in [0, 0.1) is 0 Å². The first-order valence-electron chi connectivity index (χ1n) is 5.84. The second-order valence-electron chi connectivity index (χ2n) is 4.59. The van der Waals surface area contributed by atoms with Gasteiger partial charge in [0.25, 0.3) is 10.2 Å². The summed E-state index contributed by atoms with van der Waals surface area (Å²) in [4.78, 5) is 0. The van der Waals surface area contributed by atoms with Crippen LogP contribution in [0.3, 0.4) is 0 Å². The first kappa shape index (κ1) is 14.2. The summed E-state index contributed by atoms with van der Waals surface area (Å²) in [6.07, 6.45) is 0.377. The van der Waals surface area contributed by atoms with E-state index in [1.807, 2.05) is 0 Å². The zero-order chi connectivity index (χ0) is 13.4. The van der Waals surface area contributed by atoms with Crippen LogP contribution < -0.4 is 0 Å². The zero-order valence-electron chi connectivity index (χ0n) is 10.3. The van der Waals surface area contributed by atoms with Crippen molar-refractivity contribution >= 4 is 20.0 Å². The Bertz CT molecular complexity index is 495. The lowest BCUT2D eigenvalue weighted by molar-refractivity contribution is 0.0700. The van der Waals surface area contributed by atoms with Crippen LogP contribution in [0.1, 0.15) is 6.42 Å². The average Bonchev–Trinajstić information content (AvgIpc) is 2.69. The molecule has 7 nitrogen and oxygen atoms in total. The largest absolute Gasteiger partial charge is 0.379 e. The molecule has 2 aliphatic rings. The first-order valence-corrected chi connectivity index (χ1v) is 9.06. The SMILES string of the molecule is CN(C1CCS(=O)(=O)C1)S(=O)(=O)N1CCOCC1. The van der Waals surface area contributed by atoms with Gasteiger partial charge >= 0.3 is 0 Å². The number of nitrogens with zero attached hydrogens (tertiary/aromatic N) is 2. The smallest absolute Gasteiger partial charge is 0.282 e. The number of hydrogen-bond acceptors (Lipinski definition) is 5. The fourth-order valence-electron chi connectivity index (χ4n) is 2.21. The summed E-state index contributed by atoms with van der Waals surface area (Å²) in [6.45, 7) is 1.42. The number of hydrogen-bond donors (Lipinski definition) is 0. The molecule has 2 rings (SSSR count). The van der Waals surface area contributed by atoms with Crippen LogP contribution in [0.4, 0.5) is 0 Å². The molecule has 9 heteroatoms. The standard InChI is InChI=1S/C9H18N2O5S2/c1-10(9-2-7-17(12,13)8-9)18(14,15)11-3-5-16-6-4-11/h9H,2-8H2,1H3. The summed E-state index contributed by atoms with van der Waals surface area (Å²) >= 11 is 0. The van der Waals surface area contributed by atoms with Crippen LogP contribution >= 0.6 is 0 Å². The molecule has 18 heavy (non-hydrogen) atoms. The van der Waals surface area contributed by atoms with Gasteiger partial charge < -0.3 is 4.74 Å². The van der Waals surface area contributed by atoms with E-state index in [1.165, 1.54) is 15.7 Å². The van der Waals surface area contributed by atoms with E-state index in [0.717, 1.165) is 0 Å². The van der Waals surface area contributed by atoms with E-state index in [4.69, 9.17) is 4.74 Å². The molecule has 0 aromatic heterocycles. The molecular formula is C9H18N2O5S2. The van der Waals surface area contributed by atoms with Gasteiger partial charge in [0.05, 0.1) is 24.7 Å². The predicted molar refractivity (Wildman–Crippen MR) is 66.1 cm³/mol. The Kier molecular flexibility index (Phi) is 3.98. The lowest BCUT2D eigenvalue weighted by Crippen LogP contribution is -2.50. The third-order valence-corrected chi connectivity index (χ3v) is 7.18. The molecule has 106 valence electrons. The molecule has 2 fully saturated rings. The van der Waals surface area contributed by atoms with Gasteiger partial charge in [-0.3, -0.25) is 0 Å². The average molecular weight is 298 g/mol. The molecule has 0 aromatic rings. The van der Waals surface area contributed by atoms with E-state index in [1.54, 1.807) is 0 Å². The highest BCUT2D eigenvalue weighted by Gasteiger charge is 2.38. The lowest BCUT2D eigenvalue weighted by atomic mass is 10.3. The number of ether oxygens (including phenoxy) is 1. The van der Waals surface area contributed by atoms with Crippen LogP contribution in [0.2, 0.25) is 0 Å². The van der Waals surface area contributed by atoms with E-state index in [9.17, 15) is 16.8 Å². The van der Waals surface area contributed by atoms with Crippen LogP contribution in [-0.2, 0) is 24.8 Å². The van der Waals surface area contributed by atoms with E-state index in [2.05, 4.69) is 0 Å². The molecule has 0 bridgehead atoms. The van der Waals surface area contributed by atoms with E-state index >= 15 is 0 Å². The number of morpholine rings is 1. The predicted octanol–water partition coefficient (Wildman–Crippen LogP) is -1.32. The van der Waals surface area contributed by atoms with Crippen molar-refractivity contribution in [3.63, 3.8) is 0 Å². The second kappa shape index (κ2) is 5.04. The Morgan fingerprint density at radius 2 is 1.89 bits per heavy atom. The van der Waals surface area contributed by atoms with Gasteiger partial charge in [0.15, 0.2) is 9.84 Å². The minimum atomic E-state index is -3.57. The normalized spacial score (nSPS) is 29.8. The molecule has 0 N–H and O–H groups in total. The molecule has 0 aromatic carbocycles. The van der Waals surface area contributed by atoms with Gasteiger partial charge in [0, 0.05) is 26.2 Å². The lowest BCUT2D eigenvalue weighted by Gasteiger charge is -2.32. The Balaban J connectivity index is 2.10. The van der Waals surface area contributed by atoms with Crippen molar-refractivity contribution in [3.8, 4) is 0 Å². The summed E-state index contributed by atoms with van der Waals surface area (Å²) in [5, 5.41) is 0. The van der Waals surface area contributed by atoms with Crippen molar-refractivity contribution in [3.05, 3.63) is 0 Å². The Labute approximate surface area is 108 Å². The fourth-order valence-corrected chi connectivity index (χ4v) is 5.61. The first-order chi connectivity index (χ1) is 8.33. The van der Waals surface area contributed by atoms with Crippen molar-refractivity contribution in [1.82, 2.24) is 8.61 Å². The number of sulfone groups is 1. The molecular weight excluding hydrogens is 280 g/mol. The monoisotopic (exact) mass is 298 g/mol. The molecule has 0 aliphatic carbocycles. The highest BCUT2D eigenvalue weighted by atomic mass is 32.2. The summed E-state index contributed by atoms with van der Waals surface area (Å²) in [7, 11) is -5.20. The Hall–Kier alpha value is -0.220. The van der Waals surface area contributed by atoms with Gasteiger partial charge in [-0.25, -0.2) is 8.42 Å².